The second-order valence-electron chi connectivity index (χ2n) is 3.91. The number of thiocarbonyl (C=S) groups is 1. The van der Waals surface area contributed by atoms with Crippen LogP contribution in [0.3, 0.4) is 0 Å². The van der Waals surface area contributed by atoms with Gasteiger partial charge in [0.15, 0.2) is 5.11 Å². The zero-order chi connectivity index (χ0) is 12.8. The Balaban J connectivity index is 2.58. The van der Waals surface area contributed by atoms with Crippen LogP contribution in [0.2, 0.25) is 0 Å². The fraction of sp³-hybridized carbons (Fsp3) is 0.417. The van der Waals surface area contributed by atoms with Crippen LogP contribution in [-0.2, 0) is 4.74 Å². The molecule has 0 bridgehead atoms. The van der Waals surface area contributed by atoms with Gasteiger partial charge in [-0.05, 0) is 43.8 Å². The molecule has 1 unspecified atom stereocenters. The van der Waals surface area contributed by atoms with E-state index < -0.39 is 0 Å². The third kappa shape index (κ3) is 5.02. The van der Waals surface area contributed by atoms with Crippen molar-refractivity contribution in [2.45, 2.75) is 19.9 Å². The van der Waals surface area contributed by atoms with Gasteiger partial charge in [-0.15, -0.1) is 0 Å². The first kappa shape index (κ1) is 14.4. The van der Waals surface area contributed by atoms with E-state index in [1.54, 1.807) is 7.11 Å². The van der Waals surface area contributed by atoms with Gasteiger partial charge in [-0.2, -0.15) is 0 Å². The van der Waals surface area contributed by atoms with Crippen molar-refractivity contribution in [3.05, 3.63) is 28.2 Å². The zero-order valence-corrected chi connectivity index (χ0v) is 12.6. The van der Waals surface area contributed by atoms with Gasteiger partial charge >= 0.3 is 0 Å². The average Bonchev–Trinajstić information content (AvgIpc) is 2.23. The molecule has 3 nitrogen and oxygen atoms in total. The number of halogens is 1. The maximum atomic E-state index is 5.24. The minimum Gasteiger partial charge on any atom is -0.383 e. The summed E-state index contributed by atoms with van der Waals surface area (Å²) in [4.78, 5) is 0. The highest BCUT2D eigenvalue weighted by Crippen LogP contribution is 2.20. The molecule has 17 heavy (non-hydrogen) atoms. The molecule has 0 fully saturated rings. The van der Waals surface area contributed by atoms with E-state index in [4.69, 9.17) is 17.0 Å². The highest BCUT2D eigenvalue weighted by molar-refractivity contribution is 9.10. The summed E-state index contributed by atoms with van der Waals surface area (Å²) >= 11 is 8.67. The first-order valence-corrected chi connectivity index (χ1v) is 6.55. The molecule has 0 aliphatic rings. The molecule has 0 heterocycles. The summed E-state index contributed by atoms with van der Waals surface area (Å²) in [6.07, 6.45) is 0. The molecule has 0 aliphatic carbocycles. The molecule has 0 aromatic heterocycles. The Bertz CT molecular complexity index is 398. The van der Waals surface area contributed by atoms with Crippen LogP contribution in [0.25, 0.3) is 0 Å². The molecule has 1 aromatic rings. The summed E-state index contributed by atoms with van der Waals surface area (Å²) in [5.74, 6) is 0. The molecular formula is C12H17BrN2OS. The van der Waals surface area contributed by atoms with Crippen molar-refractivity contribution < 1.29 is 4.74 Å². The molecular weight excluding hydrogens is 300 g/mol. The molecule has 1 atom stereocenters. The van der Waals surface area contributed by atoms with E-state index in [0.29, 0.717) is 11.7 Å². The molecule has 2 N–H and O–H groups in total. The van der Waals surface area contributed by atoms with Crippen LogP contribution in [0, 0.1) is 6.92 Å². The second-order valence-corrected chi connectivity index (χ2v) is 5.24. The number of nitrogens with one attached hydrogen (secondary N) is 2. The smallest absolute Gasteiger partial charge is 0.171 e. The molecule has 5 heteroatoms. The Morgan fingerprint density at radius 1 is 1.53 bits per heavy atom. The minimum absolute atomic E-state index is 0.187. The van der Waals surface area contributed by atoms with Crippen molar-refractivity contribution in [1.29, 1.82) is 0 Å². The fourth-order valence-electron chi connectivity index (χ4n) is 1.40. The van der Waals surface area contributed by atoms with Gasteiger partial charge in [-0.3, -0.25) is 0 Å². The van der Waals surface area contributed by atoms with Gasteiger partial charge in [0.05, 0.1) is 6.61 Å². The lowest BCUT2D eigenvalue weighted by molar-refractivity contribution is 0.179. The maximum Gasteiger partial charge on any atom is 0.171 e. The summed E-state index contributed by atoms with van der Waals surface area (Å²) in [5, 5.41) is 6.94. The quantitative estimate of drug-likeness (QED) is 0.836. The normalized spacial score (nSPS) is 12.0. The Labute approximate surface area is 116 Å². The number of hydrogen-bond acceptors (Lipinski definition) is 2. The summed E-state index contributed by atoms with van der Waals surface area (Å²) < 4.78 is 6.07. The topological polar surface area (TPSA) is 33.3 Å². The van der Waals surface area contributed by atoms with Gasteiger partial charge < -0.3 is 15.4 Å². The first-order valence-electron chi connectivity index (χ1n) is 5.35. The molecule has 1 aromatic carbocycles. The van der Waals surface area contributed by atoms with E-state index in [2.05, 4.69) is 26.6 Å². The molecule has 1 rings (SSSR count). The SMILES string of the molecule is COCC(C)NC(=S)Nc1cc(Br)ccc1C. The van der Waals surface area contributed by atoms with E-state index in [1.807, 2.05) is 32.0 Å². The highest BCUT2D eigenvalue weighted by atomic mass is 79.9. The number of rotatable bonds is 4. The summed E-state index contributed by atoms with van der Waals surface area (Å²) in [6.45, 7) is 4.68. The summed E-state index contributed by atoms with van der Waals surface area (Å²) in [6, 6.07) is 6.23. The van der Waals surface area contributed by atoms with Crippen molar-refractivity contribution in [3.63, 3.8) is 0 Å². The van der Waals surface area contributed by atoms with Gasteiger partial charge in [0, 0.05) is 23.3 Å². The number of aryl methyl sites for hydroxylation is 1. The number of benzene rings is 1. The molecule has 94 valence electrons. The predicted molar refractivity (Wildman–Crippen MR) is 79.6 cm³/mol. The molecule has 0 saturated carbocycles. The third-order valence-electron chi connectivity index (χ3n) is 2.24. The van der Waals surface area contributed by atoms with Crippen molar-refractivity contribution >= 4 is 38.9 Å². The maximum absolute atomic E-state index is 5.24. The Morgan fingerprint density at radius 3 is 2.88 bits per heavy atom. The lowest BCUT2D eigenvalue weighted by Crippen LogP contribution is -2.38. The molecule has 0 aliphatic heterocycles. The fourth-order valence-corrected chi connectivity index (χ4v) is 2.07. The molecule has 0 spiro atoms. The molecule has 0 radical (unpaired) electrons. The third-order valence-corrected chi connectivity index (χ3v) is 2.96. The van der Waals surface area contributed by atoms with Gasteiger partial charge in [-0.25, -0.2) is 0 Å². The lowest BCUT2D eigenvalue weighted by atomic mass is 10.2. The van der Waals surface area contributed by atoms with Gasteiger partial charge in [0.25, 0.3) is 0 Å². The Morgan fingerprint density at radius 2 is 2.24 bits per heavy atom. The average molecular weight is 317 g/mol. The Kier molecular flexibility index (Phi) is 5.88. The van der Waals surface area contributed by atoms with Crippen molar-refractivity contribution in [2.75, 3.05) is 19.0 Å². The van der Waals surface area contributed by atoms with Crippen LogP contribution in [0.1, 0.15) is 12.5 Å². The number of anilines is 1. The van der Waals surface area contributed by atoms with Crippen molar-refractivity contribution in [3.8, 4) is 0 Å². The molecule has 0 saturated heterocycles. The Hall–Kier alpha value is -0.650. The van der Waals surface area contributed by atoms with Crippen LogP contribution in [0.5, 0.6) is 0 Å². The number of methoxy groups -OCH3 is 1. The second kappa shape index (κ2) is 6.93. The monoisotopic (exact) mass is 316 g/mol. The van der Waals surface area contributed by atoms with Crippen LogP contribution >= 0.6 is 28.1 Å². The van der Waals surface area contributed by atoms with Crippen molar-refractivity contribution in [1.82, 2.24) is 5.32 Å². The van der Waals surface area contributed by atoms with Crippen LogP contribution in [-0.4, -0.2) is 24.9 Å². The minimum atomic E-state index is 0.187. The van der Waals surface area contributed by atoms with Gasteiger partial charge in [-0.1, -0.05) is 22.0 Å². The number of ether oxygens (including phenoxy) is 1. The van der Waals surface area contributed by atoms with E-state index in [9.17, 15) is 0 Å². The summed E-state index contributed by atoms with van der Waals surface area (Å²) in [5.41, 5.74) is 2.15. The van der Waals surface area contributed by atoms with Crippen molar-refractivity contribution in [2.24, 2.45) is 0 Å². The van der Waals surface area contributed by atoms with Crippen LogP contribution < -0.4 is 10.6 Å². The zero-order valence-electron chi connectivity index (χ0n) is 10.2. The lowest BCUT2D eigenvalue weighted by Gasteiger charge is -2.17. The first-order chi connectivity index (χ1) is 8.02. The van der Waals surface area contributed by atoms with E-state index >= 15 is 0 Å². The number of hydrogen-bond donors (Lipinski definition) is 2. The largest absolute Gasteiger partial charge is 0.383 e. The summed E-state index contributed by atoms with van der Waals surface area (Å²) in [7, 11) is 1.67. The van der Waals surface area contributed by atoms with Crippen LogP contribution in [0.15, 0.2) is 22.7 Å². The van der Waals surface area contributed by atoms with Gasteiger partial charge in [0.2, 0.25) is 0 Å². The van der Waals surface area contributed by atoms with E-state index in [0.717, 1.165) is 15.7 Å². The van der Waals surface area contributed by atoms with E-state index in [-0.39, 0.29) is 6.04 Å². The van der Waals surface area contributed by atoms with Gasteiger partial charge in [0.1, 0.15) is 0 Å². The molecule has 0 amide bonds. The highest BCUT2D eigenvalue weighted by Gasteiger charge is 2.05. The predicted octanol–water partition coefficient (Wildman–Crippen LogP) is 3.08. The van der Waals surface area contributed by atoms with E-state index in [1.165, 1.54) is 0 Å². The standard InChI is InChI=1S/C12H17BrN2OS/c1-8-4-5-10(13)6-11(8)15-12(17)14-9(2)7-16-3/h4-6,9H,7H2,1-3H3,(H2,14,15,17). The van der Waals surface area contributed by atoms with Crippen LogP contribution in [0.4, 0.5) is 5.69 Å².